The SMILES string of the molecule is NCCCC[C@H](N)C(=O)[C@H](N)C(=O)N[C@@H](Cc1ccc(O)cc1)C(=O)NN. The van der Waals surface area contributed by atoms with E-state index < -0.39 is 35.7 Å². The summed E-state index contributed by atoms with van der Waals surface area (Å²) in [5.74, 6) is 3.15. The predicted octanol–water partition coefficient (Wildman–Crippen LogP) is -2.24. The van der Waals surface area contributed by atoms with Crippen molar-refractivity contribution >= 4 is 17.6 Å². The molecule has 1 rings (SSSR count). The van der Waals surface area contributed by atoms with E-state index in [-0.39, 0.29) is 12.2 Å². The van der Waals surface area contributed by atoms with Gasteiger partial charge in [-0.1, -0.05) is 18.6 Å². The Hall–Kier alpha value is -2.53. The Morgan fingerprint density at radius 3 is 2.22 bits per heavy atom. The number of nitrogens with two attached hydrogens (primary N) is 4. The van der Waals surface area contributed by atoms with Gasteiger partial charge >= 0.3 is 0 Å². The molecule has 150 valence electrons. The van der Waals surface area contributed by atoms with Crippen LogP contribution in [0.1, 0.15) is 24.8 Å². The number of amides is 2. The molecule has 11 N–H and O–H groups in total. The van der Waals surface area contributed by atoms with Crippen LogP contribution in [0.4, 0.5) is 0 Å². The number of phenols is 1. The van der Waals surface area contributed by atoms with Gasteiger partial charge in [0.15, 0.2) is 5.78 Å². The number of benzene rings is 1. The Morgan fingerprint density at radius 2 is 1.67 bits per heavy atom. The smallest absolute Gasteiger partial charge is 0.256 e. The predicted molar refractivity (Wildman–Crippen MR) is 99.9 cm³/mol. The second-order valence-electron chi connectivity index (χ2n) is 6.21. The van der Waals surface area contributed by atoms with Gasteiger partial charge in [-0.05, 0) is 37.1 Å². The van der Waals surface area contributed by atoms with Crippen LogP contribution in [-0.4, -0.2) is 47.4 Å². The molecule has 0 saturated carbocycles. The molecular weight excluding hydrogens is 352 g/mol. The molecule has 10 nitrogen and oxygen atoms in total. The van der Waals surface area contributed by atoms with Gasteiger partial charge in [0.2, 0.25) is 5.91 Å². The average Bonchev–Trinajstić information content (AvgIpc) is 2.67. The maximum Gasteiger partial charge on any atom is 0.256 e. The van der Waals surface area contributed by atoms with Crippen molar-refractivity contribution in [3.63, 3.8) is 0 Å². The maximum atomic E-state index is 12.3. The van der Waals surface area contributed by atoms with Crippen LogP contribution in [-0.2, 0) is 20.8 Å². The lowest BCUT2D eigenvalue weighted by Crippen LogP contribution is -2.57. The average molecular weight is 380 g/mol. The van der Waals surface area contributed by atoms with E-state index in [0.29, 0.717) is 31.4 Å². The molecule has 0 aromatic heterocycles. The topological polar surface area (TPSA) is 200 Å². The van der Waals surface area contributed by atoms with Gasteiger partial charge < -0.3 is 27.6 Å². The standard InChI is InChI=1S/C17H28N6O4/c18-8-2-1-3-12(19)15(25)14(20)17(27)22-13(16(26)23-21)9-10-4-6-11(24)7-5-10/h4-7,12-14,24H,1-3,8-9,18-21H2,(H,22,27)(H,23,26)/t12-,13-,14-/m0/s1. The van der Waals surface area contributed by atoms with Gasteiger partial charge in [-0.2, -0.15) is 0 Å². The summed E-state index contributed by atoms with van der Waals surface area (Å²) in [6.07, 6.45) is 1.83. The summed E-state index contributed by atoms with van der Waals surface area (Å²) in [5, 5.41) is 11.7. The summed E-state index contributed by atoms with van der Waals surface area (Å²) in [6.45, 7) is 0.487. The summed E-state index contributed by atoms with van der Waals surface area (Å²) in [6, 6.07) is 2.67. The van der Waals surface area contributed by atoms with E-state index in [0.717, 1.165) is 0 Å². The van der Waals surface area contributed by atoms with Crippen molar-refractivity contribution in [2.75, 3.05) is 6.54 Å². The molecule has 0 aliphatic heterocycles. The zero-order valence-electron chi connectivity index (χ0n) is 15.1. The molecule has 3 atom stereocenters. The number of hydrogen-bond donors (Lipinski definition) is 7. The van der Waals surface area contributed by atoms with Crippen LogP contribution in [0.5, 0.6) is 5.75 Å². The zero-order chi connectivity index (χ0) is 20.4. The molecular formula is C17H28N6O4. The lowest BCUT2D eigenvalue weighted by molar-refractivity contribution is -0.134. The molecule has 0 aliphatic carbocycles. The van der Waals surface area contributed by atoms with Crippen molar-refractivity contribution in [3.8, 4) is 5.75 Å². The molecule has 1 aromatic carbocycles. The fraction of sp³-hybridized carbons (Fsp3) is 0.471. The monoisotopic (exact) mass is 380 g/mol. The number of hydrogen-bond acceptors (Lipinski definition) is 8. The number of nitrogens with one attached hydrogen (secondary N) is 2. The molecule has 0 fully saturated rings. The summed E-state index contributed by atoms with van der Waals surface area (Å²) in [7, 11) is 0. The van der Waals surface area contributed by atoms with Gasteiger partial charge in [0.05, 0.1) is 6.04 Å². The molecule has 10 heteroatoms. The van der Waals surface area contributed by atoms with E-state index in [9.17, 15) is 19.5 Å². The quantitative estimate of drug-likeness (QED) is 0.0734. The first-order chi connectivity index (χ1) is 12.8. The maximum absolute atomic E-state index is 12.3. The van der Waals surface area contributed by atoms with E-state index in [1.54, 1.807) is 12.1 Å². The second-order valence-corrected chi connectivity index (χ2v) is 6.21. The van der Waals surface area contributed by atoms with Crippen LogP contribution in [0.15, 0.2) is 24.3 Å². The van der Waals surface area contributed by atoms with Crippen molar-refractivity contribution in [2.45, 2.75) is 43.8 Å². The van der Waals surface area contributed by atoms with E-state index in [1.807, 2.05) is 5.43 Å². The lowest BCUT2D eigenvalue weighted by Gasteiger charge is -2.21. The number of hydrazine groups is 1. The number of aromatic hydroxyl groups is 1. The zero-order valence-corrected chi connectivity index (χ0v) is 15.1. The molecule has 0 unspecified atom stereocenters. The molecule has 27 heavy (non-hydrogen) atoms. The van der Waals surface area contributed by atoms with Crippen molar-refractivity contribution in [2.24, 2.45) is 23.0 Å². The lowest BCUT2D eigenvalue weighted by atomic mass is 9.99. The van der Waals surface area contributed by atoms with Gasteiger partial charge in [-0.25, -0.2) is 5.84 Å². The largest absolute Gasteiger partial charge is 0.508 e. The molecule has 0 spiro atoms. The van der Waals surface area contributed by atoms with Crippen molar-refractivity contribution in [1.82, 2.24) is 10.7 Å². The van der Waals surface area contributed by atoms with Crippen LogP contribution >= 0.6 is 0 Å². The number of phenolic OH excluding ortho intramolecular Hbond substituents is 1. The highest BCUT2D eigenvalue weighted by Gasteiger charge is 2.30. The number of ketones is 1. The Bertz CT molecular complexity index is 637. The first-order valence-electron chi connectivity index (χ1n) is 8.63. The third-order valence-electron chi connectivity index (χ3n) is 4.08. The van der Waals surface area contributed by atoms with Crippen LogP contribution in [0.3, 0.4) is 0 Å². The van der Waals surface area contributed by atoms with Crippen LogP contribution < -0.4 is 33.8 Å². The van der Waals surface area contributed by atoms with Gasteiger partial charge in [0, 0.05) is 6.42 Å². The minimum absolute atomic E-state index is 0.0684. The number of carbonyl (C=O) groups excluding carboxylic acids is 3. The number of Topliss-reactive ketones (excluding diaryl/α,β-unsaturated/α-hetero) is 1. The van der Waals surface area contributed by atoms with E-state index >= 15 is 0 Å². The van der Waals surface area contributed by atoms with Crippen molar-refractivity contribution in [1.29, 1.82) is 0 Å². The molecule has 0 heterocycles. The normalized spacial score (nSPS) is 14.1. The summed E-state index contributed by atoms with van der Waals surface area (Å²) in [4.78, 5) is 36.5. The summed E-state index contributed by atoms with van der Waals surface area (Å²) < 4.78 is 0. The number of unbranched alkanes of at least 4 members (excludes halogenated alkanes) is 1. The Balaban J connectivity index is 2.73. The first-order valence-corrected chi connectivity index (χ1v) is 8.63. The Kier molecular flexibility index (Phi) is 9.37. The fourth-order valence-corrected chi connectivity index (χ4v) is 2.45. The third kappa shape index (κ3) is 7.31. The minimum atomic E-state index is -1.49. The van der Waals surface area contributed by atoms with Gasteiger partial charge in [0.25, 0.3) is 5.91 Å². The van der Waals surface area contributed by atoms with E-state index in [2.05, 4.69) is 5.32 Å². The minimum Gasteiger partial charge on any atom is -0.508 e. The highest BCUT2D eigenvalue weighted by atomic mass is 16.3. The number of carbonyl (C=O) groups is 3. The van der Waals surface area contributed by atoms with Crippen LogP contribution in [0, 0.1) is 0 Å². The molecule has 0 radical (unpaired) electrons. The highest BCUT2D eigenvalue weighted by Crippen LogP contribution is 2.11. The summed E-state index contributed by atoms with van der Waals surface area (Å²) in [5.41, 5.74) is 19.5. The Morgan fingerprint density at radius 1 is 1.04 bits per heavy atom. The van der Waals surface area contributed by atoms with Crippen molar-refractivity contribution < 1.29 is 19.5 Å². The van der Waals surface area contributed by atoms with Crippen LogP contribution in [0.25, 0.3) is 0 Å². The first kappa shape index (κ1) is 22.5. The molecule has 1 aromatic rings. The number of rotatable bonds is 11. The van der Waals surface area contributed by atoms with Gasteiger partial charge in [-0.3, -0.25) is 19.8 Å². The van der Waals surface area contributed by atoms with Crippen molar-refractivity contribution in [3.05, 3.63) is 29.8 Å². The van der Waals surface area contributed by atoms with Gasteiger partial charge in [-0.15, -0.1) is 0 Å². The molecule has 0 saturated heterocycles. The summed E-state index contributed by atoms with van der Waals surface area (Å²) >= 11 is 0. The fourth-order valence-electron chi connectivity index (χ4n) is 2.45. The third-order valence-corrected chi connectivity index (χ3v) is 4.08. The second kappa shape index (κ2) is 11.2. The molecule has 0 aliphatic rings. The molecule has 0 bridgehead atoms. The highest BCUT2D eigenvalue weighted by molar-refractivity contribution is 6.08. The van der Waals surface area contributed by atoms with Crippen LogP contribution in [0.2, 0.25) is 0 Å². The molecule has 2 amide bonds. The van der Waals surface area contributed by atoms with E-state index in [1.165, 1.54) is 12.1 Å². The van der Waals surface area contributed by atoms with Gasteiger partial charge in [0.1, 0.15) is 17.8 Å². The van der Waals surface area contributed by atoms with E-state index in [4.69, 9.17) is 23.0 Å². The Labute approximate surface area is 157 Å².